The van der Waals surface area contributed by atoms with E-state index in [0.717, 1.165) is 11.5 Å². The zero-order valence-electron chi connectivity index (χ0n) is 17.9. The largest absolute Gasteiger partial charge is 0.480 e. The highest BCUT2D eigenvalue weighted by Gasteiger charge is 2.20. The van der Waals surface area contributed by atoms with Gasteiger partial charge in [-0.1, -0.05) is 82.5 Å². The first-order chi connectivity index (χ1) is 14.2. The maximum Gasteiger partial charge on any atom is 0.407 e. The Morgan fingerprint density at radius 1 is 1.13 bits per heavy atom. The first kappa shape index (κ1) is 26.6. The fourth-order valence-electron chi connectivity index (χ4n) is 1.98. The third-order valence-electron chi connectivity index (χ3n) is 3.27. The van der Waals surface area contributed by atoms with Crippen molar-refractivity contribution >= 4 is 18.0 Å². The summed E-state index contributed by atoms with van der Waals surface area (Å²) in [6.07, 6.45) is 3.88. The molecule has 1 atom stereocenters. The molecule has 0 radical (unpaired) electrons. The van der Waals surface area contributed by atoms with E-state index in [2.05, 4.69) is 44.6 Å². The van der Waals surface area contributed by atoms with E-state index in [1.165, 1.54) is 12.2 Å². The number of carbonyl (C=O) groups excluding carboxylic acids is 2. The van der Waals surface area contributed by atoms with Crippen LogP contribution in [0.15, 0.2) is 67.3 Å². The molecule has 0 aliphatic rings. The van der Waals surface area contributed by atoms with Gasteiger partial charge in [0.05, 0.1) is 0 Å². The van der Waals surface area contributed by atoms with Crippen molar-refractivity contribution in [3.8, 4) is 0 Å². The Morgan fingerprint density at radius 2 is 1.73 bits per heavy atom. The molecule has 1 unspecified atom stereocenters. The molecule has 0 heterocycles. The number of amides is 2. The number of hydrogen-bond donors (Lipinski definition) is 3. The summed E-state index contributed by atoms with van der Waals surface area (Å²) in [5.74, 6) is -1.00. The van der Waals surface area contributed by atoms with Gasteiger partial charge in [-0.3, -0.25) is 4.79 Å². The van der Waals surface area contributed by atoms with E-state index in [9.17, 15) is 19.5 Å². The number of benzene rings is 1. The van der Waals surface area contributed by atoms with Crippen LogP contribution in [0, 0.1) is 5.92 Å². The highest BCUT2D eigenvalue weighted by molar-refractivity contribution is 5.86. The third-order valence-corrected chi connectivity index (χ3v) is 3.27. The van der Waals surface area contributed by atoms with Gasteiger partial charge in [-0.2, -0.15) is 0 Å². The highest BCUT2D eigenvalue weighted by Crippen LogP contribution is 2.07. The molecule has 164 valence electrons. The molecule has 0 spiro atoms. The molecule has 1 rings (SSSR count). The molecule has 0 saturated heterocycles. The van der Waals surface area contributed by atoms with E-state index in [1.54, 1.807) is 18.2 Å². The first-order valence-corrected chi connectivity index (χ1v) is 9.60. The molecule has 7 heteroatoms. The number of alkyl carbamates (subject to hydrolysis) is 1. The Morgan fingerprint density at radius 3 is 2.23 bits per heavy atom. The van der Waals surface area contributed by atoms with Crippen molar-refractivity contribution in [2.24, 2.45) is 5.92 Å². The third kappa shape index (κ3) is 13.8. The molecule has 0 bridgehead atoms. The Hall–Kier alpha value is -3.35. The van der Waals surface area contributed by atoms with Crippen LogP contribution < -0.4 is 10.6 Å². The van der Waals surface area contributed by atoms with E-state index in [-0.39, 0.29) is 13.0 Å². The second-order valence-corrected chi connectivity index (χ2v) is 6.99. The summed E-state index contributed by atoms with van der Waals surface area (Å²) in [6, 6.07) is 7.92. The lowest BCUT2D eigenvalue weighted by Gasteiger charge is -2.15. The predicted octanol–water partition coefficient (Wildman–Crippen LogP) is 3.83. The quantitative estimate of drug-likeness (QED) is 0.503. The SMILES string of the molecule is C=C/C=C(\C=C)CC(NC(=O)CNC(=O)OCc1ccccc1)C(=O)O.CC(C)C. The molecule has 2 amide bonds. The number of rotatable bonds is 10. The number of nitrogens with one attached hydrogen (secondary N) is 2. The standard InChI is InChI=1S/C19H22N2O5.C4H10/c1-3-8-14(4-2)11-16(18(23)24)21-17(22)12-20-19(25)26-13-15-9-6-5-7-10-15;1-4(2)3/h3-10,16H,1-2,11-13H2,(H,20,25)(H,21,22)(H,23,24);4H,1-3H3/b14-8+;. The zero-order valence-corrected chi connectivity index (χ0v) is 17.9. The van der Waals surface area contributed by atoms with Gasteiger partial charge < -0.3 is 20.5 Å². The molecule has 1 aromatic carbocycles. The van der Waals surface area contributed by atoms with Crippen LogP contribution in [0.5, 0.6) is 0 Å². The smallest absolute Gasteiger partial charge is 0.407 e. The molecule has 3 N–H and O–H groups in total. The number of carboxylic acids is 1. The van der Waals surface area contributed by atoms with Crippen molar-refractivity contribution in [1.82, 2.24) is 10.6 Å². The Bertz CT molecular complexity index is 724. The molecule has 0 saturated carbocycles. The molecular formula is C23H32N2O5. The maximum atomic E-state index is 11.9. The lowest BCUT2D eigenvalue weighted by atomic mass is 10.1. The van der Waals surface area contributed by atoms with Crippen LogP contribution in [-0.2, 0) is 20.9 Å². The Balaban J connectivity index is 0.00000192. The van der Waals surface area contributed by atoms with E-state index >= 15 is 0 Å². The van der Waals surface area contributed by atoms with Crippen LogP contribution in [0.3, 0.4) is 0 Å². The number of carboxylic acid groups (broad SMARTS) is 1. The van der Waals surface area contributed by atoms with Crippen molar-refractivity contribution in [2.75, 3.05) is 6.54 Å². The van der Waals surface area contributed by atoms with Crippen molar-refractivity contribution in [3.63, 3.8) is 0 Å². The summed E-state index contributed by atoms with van der Waals surface area (Å²) in [5.41, 5.74) is 1.42. The van der Waals surface area contributed by atoms with Crippen LogP contribution in [-0.4, -0.2) is 35.7 Å². The summed E-state index contributed by atoms with van der Waals surface area (Å²) in [4.78, 5) is 34.7. The summed E-state index contributed by atoms with van der Waals surface area (Å²) >= 11 is 0. The van der Waals surface area contributed by atoms with E-state index in [1.807, 2.05) is 18.2 Å². The lowest BCUT2D eigenvalue weighted by Crippen LogP contribution is -2.45. The van der Waals surface area contributed by atoms with Gasteiger partial charge in [-0.25, -0.2) is 9.59 Å². The predicted molar refractivity (Wildman–Crippen MR) is 118 cm³/mol. The van der Waals surface area contributed by atoms with Gasteiger partial charge in [0.2, 0.25) is 5.91 Å². The highest BCUT2D eigenvalue weighted by atomic mass is 16.5. The molecule has 0 aliphatic heterocycles. The van der Waals surface area contributed by atoms with Gasteiger partial charge >= 0.3 is 12.1 Å². The number of allylic oxidation sites excluding steroid dienone is 3. The van der Waals surface area contributed by atoms with Crippen molar-refractivity contribution in [2.45, 2.75) is 39.8 Å². The van der Waals surface area contributed by atoms with Gasteiger partial charge in [0.1, 0.15) is 19.2 Å². The van der Waals surface area contributed by atoms with Gasteiger partial charge in [-0.15, -0.1) is 0 Å². The molecule has 7 nitrogen and oxygen atoms in total. The summed E-state index contributed by atoms with van der Waals surface area (Å²) in [5, 5.41) is 13.8. The number of hydrogen-bond acceptors (Lipinski definition) is 4. The van der Waals surface area contributed by atoms with Crippen molar-refractivity contribution in [1.29, 1.82) is 0 Å². The molecule has 0 aromatic heterocycles. The minimum absolute atomic E-state index is 0.0506. The molecule has 1 aromatic rings. The minimum Gasteiger partial charge on any atom is -0.480 e. The van der Waals surface area contributed by atoms with E-state index < -0.39 is 30.6 Å². The monoisotopic (exact) mass is 416 g/mol. The average molecular weight is 417 g/mol. The second-order valence-electron chi connectivity index (χ2n) is 6.99. The number of ether oxygens (including phenoxy) is 1. The Labute approximate surface area is 178 Å². The topological polar surface area (TPSA) is 105 Å². The molecule has 0 fully saturated rings. The van der Waals surface area contributed by atoms with E-state index in [0.29, 0.717) is 5.57 Å². The second kappa shape index (κ2) is 15.6. The van der Waals surface area contributed by atoms with Crippen molar-refractivity contribution < 1.29 is 24.2 Å². The number of carbonyl (C=O) groups is 3. The Kier molecular flexibility index (Phi) is 13.8. The van der Waals surface area contributed by atoms with E-state index in [4.69, 9.17) is 4.74 Å². The number of aliphatic carboxylic acids is 1. The minimum atomic E-state index is -1.19. The summed E-state index contributed by atoms with van der Waals surface area (Å²) in [6.45, 7) is 13.3. The molecular weight excluding hydrogens is 384 g/mol. The van der Waals surface area contributed by atoms with Crippen LogP contribution in [0.4, 0.5) is 4.79 Å². The fourth-order valence-corrected chi connectivity index (χ4v) is 1.98. The average Bonchev–Trinajstić information content (AvgIpc) is 2.69. The molecule has 30 heavy (non-hydrogen) atoms. The van der Waals surface area contributed by atoms with Gasteiger partial charge in [0, 0.05) is 6.42 Å². The van der Waals surface area contributed by atoms with Crippen LogP contribution in [0.2, 0.25) is 0 Å². The van der Waals surface area contributed by atoms with Crippen LogP contribution >= 0.6 is 0 Å². The van der Waals surface area contributed by atoms with Crippen molar-refractivity contribution in [3.05, 3.63) is 72.9 Å². The van der Waals surface area contributed by atoms with Gasteiger partial charge in [0.15, 0.2) is 0 Å². The summed E-state index contributed by atoms with van der Waals surface area (Å²) < 4.78 is 4.96. The zero-order chi connectivity index (χ0) is 22.9. The summed E-state index contributed by atoms with van der Waals surface area (Å²) in [7, 11) is 0. The fraction of sp³-hybridized carbons (Fsp3) is 0.348. The van der Waals surface area contributed by atoms with Crippen LogP contribution in [0.25, 0.3) is 0 Å². The first-order valence-electron chi connectivity index (χ1n) is 9.60. The van der Waals surface area contributed by atoms with Crippen LogP contribution in [0.1, 0.15) is 32.8 Å². The lowest BCUT2D eigenvalue weighted by molar-refractivity contribution is -0.141. The van der Waals surface area contributed by atoms with Gasteiger partial charge in [-0.05, 0) is 17.1 Å². The van der Waals surface area contributed by atoms with Gasteiger partial charge in [0.25, 0.3) is 0 Å². The molecule has 0 aliphatic carbocycles. The normalized spacial score (nSPS) is 11.4. The maximum absolute atomic E-state index is 11.9.